The van der Waals surface area contributed by atoms with Crippen molar-refractivity contribution in [3.05, 3.63) is 230 Å². The Kier molecular flexibility index (Phi) is 21.2. The van der Waals surface area contributed by atoms with E-state index < -0.39 is 51.1 Å². The highest BCUT2D eigenvalue weighted by Gasteiger charge is 2.40. The molecule has 0 amide bonds. The molecule has 9 heterocycles. The second-order valence-electron chi connectivity index (χ2n) is 29.2. The van der Waals surface area contributed by atoms with Crippen molar-refractivity contribution in [3.8, 4) is 86.1 Å². The third-order valence-corrected chi connectivity index (χ3v) is 23.3. The number of rotatable bonds is 24. The lowest BCUT2D eigenvalue weighted by atomic mass is 9.72. The number of benzene rings is 6. The zero-order valence-electron chi connectivity index (χ0n) is 62.9. The second-order valence-corrected chi connectivity index (χ2v) is 29.2. The van der Waals surface area contributed by atoms with E-state index in [9.17, 15) is 15.8 Å². The van der Waals surface area contributed by atoms with Gasteiger partial charge in [-0.15, -0.1) is 0 Å². The lowest BCUT2D eigenvalue weighted by Crippen LogP contribution is -2.41. The molecule has 0 unspecified atom stereocenters. The minimum atomic E-state index is -1.02. The Morgan fingerprint density at radius 2 is 0.795 bits per heavy atom. The Hall–Kier alpha value is -11.9. The zero-order chi connectivity index (χ0) is 78.2. The monoisotopic (exact) mass is 1520 g/mol. The van der Waals surface area contributed by atoms with Crippen molar-refractivity contribution in [2.45, 2.75) is 101 Å². The van der Waals surface area contributed by atoms with Crippen LogP contribution in [0.3, 0.4) is 0 Å². The lowest BCUT2D eigenvalue weighted by molar-refractivity contribution is 0.194. The molecule has 3 fully saturated rings. The number of methoxy groups -OCH3 is 4. The van der Waals surface area contributed by atoms with Crippen LogP contribution in [0.5, 0.6) is 34.5 Å². The van der Waals surface area contributed by atoms with Crippen LogP contribution < -0.4 is 33.7 Å². The fraction of sp³-hybridized carbons (Fsp3) is 0.318. The Bertz CT molecular complexity index is 5690. The van der Waals surface area contributed by atoms with Crippen molar-refractivity contribution in [2.75, 3.05) is 80.8 Å². The molecule has 12 aromatic rings. The number of piperidine rings is 3. The molecule has 3 aliphatic rings. The van der Waals surface area contributed by atoms with Crippen LogP contribution >= 0.6 is 0 Å². The molecule has 3 saturated heterocycles. The average Bonchev–Trinajstić information content (AvgIpc) is 1.22. The van der Waals surface area contributed by atoms with Gasteiger partial charge in [-0.3, -0.25) is 0 Å². The van der Waals surface area contributed by atoms with Crippen LogP contribution in [0.1, 0.15) is 114 Å². The van der Waals surface area contributed by atoms with Gasteiger partial charge in [0.25, 0.3) is 0 Å². The van der Waals surface area contributed by atoms with Crippen molar-refractivity contribution in [1.29, 1.82) is 15.8 Å². The standard InChI is InChI=1S/C88H82F6N12O6/c1-7-105-23-17-86(48-95,18-24-105)62-13-11-52(12-14-62)56-30-64-60(44-102-83(64)99-40-56)34-69-80(92)74(110-6)39-76(82(69)94)112-47-54-10-9-53(36-70(54)88(50-97)15-21-98-22-16-88)57-31-65-61(45-103-84(65)100-41-57)35-68-79(91)73(109-5)38-75(81(68)93)111-46-51-27-55(29-63(28-51)87(49-96)19-25-106(8-2)26-20-87)58-32-66-59(43-104-85(66)101-42-58)33-67-77(89)71(107-3)37-72(108-4)78(67)90/h9-14,27-32,36-45,98H,7-8,15-26,33-35,46-47H2,1-6H3,(H,99,102)(H,100,103)(H,101,104). The molecular formula is C88H82F6N12O6. The molecule has 0 spiro atoms. The summed E-state index contributed by atoms with van der Waals surface area (Å²) in [6, 6.07) is 36.3. The molecule has 4 N–H and O–H groups in total. The normalized spacial score (nSPS) is 15.6. The number of H-pyrrole nitrogens is 3. The number of hydrogen-bond donors (Lipinski definition) is 4. The first-order valence-electron chi connectivity index (χ1n) is 37.5. The number of likely N-dealkylation sites (tertiary alicyclic amines) is 2. The Morgan fingerprint density at radius 3 is 1.22 bits per heavy atom. The number of nitrogens with one attached hydrogen (secondary N) is 4. The molecule has 572 valence electrons. The number of ether oxygens (including phenoxy) is 6. The maximum absolute atomic E-state index is 17.4. The summed E-state index contributed by atoms with van der Waals surface area (Å²) in [5.74, 6) is -6.88. The third kappa shape index (κ3) is 14.1. The zero-order valence-corrected chi connectivity index (χ0v) is 62.9. The van der Waals surface area contributed by atoms with Gasteiger partial charge in [-0.25, -0.2) is 41.3 Å². The second kappa shape index (κ2) is 31.5. The summed E-state index contributed by atoms with van der Waals surface area (Å²) in [4.78, 5) is 28.3. The fourth-order valence-electron chi connectivity index (χ4n) is 16.4. The smallest absolute Gasteiger partial charge is 0.171 e. The molecule has 6 aromatic heterocycles. The lowest BCUT2D eigenvalue weighted by Gasteiger charge is -2.37. The van der Waals surface area contributed by atoms with Gasteiger partial charge in [0.2, 0.25) is 0 Å². The summed E-state index contributed by atoms with van der Waals surface area (Å²) in [7, 11) is 5.15. The number of fused-ring (bicyclic) bond motifs is 3. The molecule has 112 heavy (non-hydrogen) atoms. The summed E-state index contributed by atoms with van der Waals surface area (Å²) in [6.07, 6.45) is 12.8. The first-order valence-corrected chi connectivity index (χ1v) is 37.5. The van der Waals surface area contributed by atoms with Crippen LogP contribution in [0.4, 0.5) is 26.3 Å². The van der Waals surface area contributed by atoms with Crippen molar-refractivity contribution < 1.29 is 54.8 Å². The largest absolute Gasteiger partial charge is 0.494 e. The first kappa shape index (κ1) is 75.5. The summed E-state index contributed by atoms with van der Waals surface area (Å²) in [6.45, 7) is 9.65. The molecule has 3 aliphatic heterocycles. The predicted molar refractivity (Wildman–Crippen MR) is 414 cm³/mol. The number of halogens is 6. The first-order chi connectivity index (χ1) is 54.4. The highest BCUT2D eigenvalue weighted by molar-refractivity contribution is 5.88. The maximum Gasteiger partial charge on any atom is 0.171 e. The molecule has 18 nitrogen and oxygen atoms in total. The highest BCUT2D eigenvalue weighted by Crippen LogP contribution is 2.45. The molecule has 0 atom stereocenters. The van der Waals surface area contributed by atoms with Gasteiger partial charge >= 0.3 is 0 Å². The van der Waals surface area contributed by atoms with Crippen LogP contribution in [-0.4, -0.2) is 121 Å². The molecule has 0 saturated carbocycles. The Labute approximate surface area is 643 Å². The van der Waals surface area contributed by atoms with Crippen molar-refractivity contribution in [2.24, 2.45) is 0 Å². The summed E-state index contributed by atoms with van der Waals surface area (Å²) in [5, 5.41) is 37.7. The molecule has 6 aromatic carbocycles. The van der Waals surface area contributed by atoms with Gasteiger partial charge in [-0.05, 0) is 188 Å². The SMILES string of the molecule is CCN1CCC(C#N)(c2ccc(-c3cnc4[nH]cc(Cc5c(F)c(OC)cc(OCc6ccc(-c7cnc8[nH]cc(Cc9c(F)c(OC)cc(OCc%10cc(-c%11cnc%12[nH]cc(Cc%13c(F)c(OC)cc(OC)c%13F)c%12c%11)cc(C%11(C#N)CCN(CC)CC%11)c%10)c9F)c8c7)cc6C6(C#N)CCNCC6)c5F)c4c3)cc2)CC1. The predicted octanol–water partition coefficient (Wildman–Crippen LogP) is 17.0. The van der Waals surface area contributed by atoms with E-state index in [0.717, 1.165) is 67.8 Å². The van der Waals surface area contributed by atoms with E-state index in [2.05, 4.69) is 67.1 Å². The molecule has 24 heteroatoms. The van der Waals surface area contributed by atoms with Gasteiger partial charge in [0.1, 0.15) is 30.2 Å². The molecule has 15 rings (SSSR count). The number of aromatic nitrogens is 6. The minimum Gasteiger partial charge on any atom is -0.494 e. The number of nitriles is 3. The quantitative estimate of drug-likeness (QED) is 0.0412. The topological polar surface area (TPSA) is 231 Å². The van der Waals surface area contributed by atoms with Crippen LogP contribution in [0.2, 0.25) is 0 Å². The number of nitrogens with zero attached hydrogens (tertiary/aromatic N) is 8. The van der Waals surface area contributed by atoms with E-state index in [0.29, 0.717) is 146 Å². The van der Waals surface area contributed by atoms with Gasteiger partial charge in [0.05, 0.1) is 62.9 Å². The molecular weight excluding hydrogens is 1440 g/mol. The van der Waals surface area contributed by atoms with E-state index >= 15 is 26.3 Å². The fourth-order valence-corrected chi connectivity index (χ4v) is 16.4. The van der Waals surface area contributed by atoms with Gasteiger partial charge in [-0.2, -0.15) is 15.8 Å². The van der Waals surface area contributed by atoms with Crippen LogP contribution in [0.15, 0.2) is 134 Å². The third-order valence-electron chi connectivity index (χ3n) is 23.3. The van der Waals surface area contributed by atoms with Crippen molar-refractivity contribution in [1.82, 2.24) is 45.0 Å². The van der Waals surface area contributed by atoms with E-state index in [1.165, 1.54) is 34.5 Å². The highest BCUT2D eigenvalue weighted by atomic mass is 19.2. The van der Waals surface area contributed by atoms with E-state index in [1.807, 2.05) is 78.9 Å². The van der Waals surface area contributed by atoms with Gasteiger partial charge in [0, 0.05) is 124 Å². The number of hydrogen-bond acceptors (Lipinski definition) is 15. The summed E-state index contributed by atoms with van der Waals surface area (Å²) < 4.78 is 134. The average molecular weight is 1520 g/mol. The Morgan fingerprint density at radius 1 is 0.402 bits per heavy atom. The molecule has 0 aliphatic carbocycles. The van der Waals surface area contributed by atoms with Gasteiger partial charge in [-0.1, -0.05) is 56.3 Å². The number of aromatic amines is 3. The summed E-state index contributed by atoms with van der Waals surface area (Å²) >= 11 is 0. The summed E-state index contributed by atoms with van der Waals surface area (Å²) in [5.41, 5.74) is 7.27. The number of pyridine rings is 3. The van der Waals surface area contributed by atoms with Crippen LogP contribution in [0, 0.1) is 68.9 Å². The van der Waals surface area contributed by atoms with E-state index in [-0.39, 0.29) is 83.7 Å². The van der Waals surface area contributed by atoms with Crippen LogP contribution in [-0.2, 0) is 48.7 Å². The molecule has 0 radical (unpaired) electrons. The Balaban J connectivity index is 0.701. The van der Waals surface area contributed by atoms with E-state index in [4.69, 9.17) is 38.4 Å². The van der Waals surface area contributed by atoms with Crippen LogP contribution in [0.25, 0.3) is 66.5 Å². The van der Waals surface area contributed by atoms with Crippen molar-refractivity contribution >= 4 is 33.1 Å². The van der Waals surface area contributed by atoms with Gasteiger partial charge < -0.3 is 58.5 Å². The van der Waals surface area contributed by atoms with E-state index in [1.54, 1.807) is 37.2 Å². The van der Waals surface area contributed by atoms with Gasteiger partial charge in [0.15, 0.2) is 69.4 Å². The molecule has 0 bridgehead atoms. The minimum absolute atomic E-state index is 0.178. The van der Waals surface area contributed by atoms with Crippen molar-refractivity contribution in [3.63, 3.8) is 0 Å². The maximum atomic E-state index is 17.4.